The van der Waals surface area contributed by atoms with Gasteiger partial charge in [-0.05, 0) is 47.5 Å². The number of ether oxygens (including phenoxy) is 3. The third-order valence-corrected chi connectivity index (χ3v) is 6.96. The van der Waals surface area contributed by atoms with Crippen molar-refractivity contribution in [2.45, 2.75) is 18.9 Å². The number of carbonyl (C=O) groups excluding carboxylic acids is 1. The van der Waals surface area contributed by atoms with Crippen molar-refractivity contribution >= 4 is 23.3 Å². The molecule has 0 bridgehead atoms. The van der Waals surface area contributed by atoms with Gasteiger partial charge in [0.2, 0.25) is 0 Å². The number of methoxy groups -OCH3 is 2. The molecule has 0 spiro atoms. The fraction of sp³-hybridized carbons (Fsp3) is 0.345. The first-order chi connectivity index (χ1) is 19.2. The van der Waals surface area contributed by atoms with Gasteiger partial charge in [-0.1, -0.05) is 35.9 Å². The Morgan fingerprint density at radius 2 is 1.62 bits per heavy atom. The van der Waals surface area contributed by atoms with Crippen LogP contribution in [0.2, 0.25) is 5.02 Å². The molecule has 0 saturated carbocycles. The molecule has 4 rings (SSSR count). The van der Waals surface area contributed by atoms with Gasteiger partial charge in [0.1, 0.15) is 11.5 Å². The van der Waals surface area contributed by atoms with Crippen molar-refractivity contribution in [3.8, 4) is 11.5 Å². The van der Waals surface area contributed by atoms with Crippen LogP contribution in [0.15, 0.2) is 66.7 Å². The molecule has 11 heteroatoms. The first kappa shape index (κ1) is 29.5. The number of urea groups is 1. The molecule has 3 aromatic rings. The molecule has 1 fully saturated rings. The summed E-state index contributed by atoms with van der Waals surface area (Å²) in [4.78, 5) is 16.9. The molecule has 0 radical (unpaired) electrons. The smallest absolute Gasteiger partial charge is 0.416 e. The average molecular weight is 578 g/mol. The lowest BCUT2D eigenvalue weighted by molar-refractivity contribution is -0.137. The highest BCUT2D eigenvalue weighted by molar-refractivity contribution is 6.30. The summed E-state index contributed by atoms with van der Waals surface area (Å²) in [5, 5.41) is 3.50. The lowest BCUT2D eigenvalue weighted by Crippen LogP contribution is -2.50. The van der Waals surface area contributed by atoms with Crippen molar-refractivity contribution in [3.63, 3.8) is 0 Å². The highest BCUT2D eigenvalue weighted by atomic mass is 35.5. The molecule has 0 aliphatic carbocycles. The highest BCUT2D eigenvalue weighted by Crippen LogP contribution is 2.31. The second kappa shape index (κ2) is 13.3. The lowest BCUT2D eigenvalue weighted by Gasteiger charge is -2.36. The minimum absolute atomic E-state index is 0.150. The third kappa shape index (κ3) is 7.80. The number of hydrogen-bond acceptors (Lipinski definition) is 5. The van der Waals surface area contributed by atoms with E-state index >= 15 is 0 Å². The predicted octanol–water partition coefficient (Wildman–Crippen LogP) is 6.48. The van der Waals surface area contributed by atoms with E-state index in [1.807, 2.05) is 12.1 Å². The Morgan fingerprint density at radius 1 is 0.950 bits per heavy atom. The summed E-state index contributed by atoms with van der Waals surface area (Å²) >= 11 is 6.07. The van der Waals surface area contributed by atoms with Crippen molar-refractivity contribution in [1.29, 1.82) is 0 Å². The van der Waals surface area contributed by atoms with Gasteiger partial charge >= 0.3 is 12.2 Å². The summed E-state index contributed by atoms with van der Waals surface area (Å²) in [7, 11) is 3.09. The summed E-state index contributed by atoms with van der Waals surface area (Å²) < 4.78 is 55.5. The number of halogens is 4. The number of anilines is 1. The van der Waals surface area contributed by atoms with Crippen LogP contribution in [0.3, 0.4) is 0 Å². The molecule has 2 amide bonds. The maximum absolute atomic E-state index is 12.9. The maximum Gasteiger partial charge on any atom is 0.416 e. The number of amides is 2. The number of hydrogen-bond donors (Lipinski definition) is 1. The molecular weight excluding hydrogens is 547 g/mol. The summed E-state index contributed by atoms with van der Waals surface area (Å²) in [6.07, 6.45) is -4.73. The normalized spacial score (nSPS) is 15.0. The van der Waals surface area contributed by atoms with Gasteiger partial charge in [-0.25, -0.2) is 4.79 Å². The van der Waals surface area contributed by atoms with Crippen LogP contribution in [0.1, 0.15) is 22.8 Å². The van der Waals surface area contributed by atoms with Crippen LogP contribution >= 0.6 is 11.6 Å². The molecule has 1 aliphatic rings. The minimum atomic E-state index is -4.38. The molecule has 0 unspecified atom stereocenters. The van der Waals surface area contributed by atoms with Gasteiger partial charge in [-0.15, -0.1) is 0 Å². The Morgan fingerprint density at radius 3 is 2.23 bits per heavy atom. The number of benzene rings is 3. The van der Waals surface area contributed by atoms with Gasteiger partial charge in [0.15, 0.2) is 0 Å². The van der Waals surface area contributed by atoms with Crippen LogP contribution in [-0.4, -0.2) is 62.8 Å². The summed E-state index contributed by atoms with van der Waals surface area (Å²) in [5.41, 5.74) is 1.40. The van der Waals surface area contributed by atoms with Gasteiger partial charge in [0, 0.05) is 43.8 Å². The van der Waals surface area contributed by atoms with Crippen LogP contribution in [0.4, 0.5) is 23.7 Å². The van der Waals surface area contributed by atoms with E-state index in [4.69, 9.17) is 25.8 Å². The van der Waals surface area contributed by atoms with E-state index in [0.29, 0.717) is 60.5 Å². The lowest BCUT2D eigenvalue weighted by atomic mass is 10.1. The van der Waals surface area contributed by atoms with Crippen molar-refractivity contribution in [3.05, 3.63) is 88.4 Å². The van der Waals surface area contributed by atoms with E-state index in [9.17, 15) is 18.0 Å². The van der Waals surface area contributed by atoms with Crippen LogP contribution in [0.25, 0.3) is 0 Å². The molecule has 214 valence electrons. The van der Waals surface area contributed by atoms with E-state index in [-0.39, 0.29) is 18.7 Å². The monoisotopic (exact) mass is 577 g/mol. The largest absolute Gasteiger partial charge is 0.497 e. The van der Waals surface area contributed by atoms with Crippen LogP contribution < -0.4 is 14.8 Å². The summed E-state index contributed by atoms with van der Waals surface area (Å²) in [6.45, 7) is 2.97. The SMILES string of the molecule is COc1ccc(NC(=O)N2CCN(C[C@@H](OCc3ccc(C(F)(F)F)cc3)c3ccc(Cl)cc3)CC2)c(OC)c1. The van der Waals surface area contributed by atoms with Crippen LogP contribution in [0, 0.1) is 0 Å². The zero-order valence-corrected chi connectivity index (χ0v) is 23.0. The van der Waals surface area contributed by atoms with Crippen molar-refractivity contribution in [2.24, 2.45) is 0 Å². The molecular formula is C29H31ClF3N3O4. The minimum Gasteiger partial charge on any atom is -0.497 e. The van der Waals surface area contributed by atoms with Gasteiger partial charge < -0.3 is 24.4 Å². The molecule has 1 N–H and O–H groups in total. The number of nitrogens with zero attached hydrogens (tertiary/aromatic N) is 2. The quantitative estimate of drug-likeness (QED) is 0.315. The van der Waals surface area contributed by atoms with E-state index in [2.05, 4.69) is 10.2 Å². The van der Waals surface area contributed by atoms with Crippen LogP contribution in [0.5, 0.6) is 11.5 Å². The van der Waals surface area contributed by atoms with Crippen molar-refractivity contribution in [2.75, 3.05) is 52.3 Å². The highest BCUT2D eigenvalue weighted by Gasteiger charge is 2.30. The Hall–Kier alpha value is -3.47. The maximum atomic E-state index is 12.9. The fourth-order valence-corrected chi connectivity index (χ4v) is 4.51. The molecule has 1 aliphatic heterocycles. The zero-order chi connectivity index (χ0) is 28.7. The van der Waals surface area contributed by atoms with E-state index < -0.39 is 11.7 Å². The van der Waals surface area contributed by atoms with Gasteiger partial charge in [-0.2, -0.15) is 13.2 Å². The van der Waals surface area contributed by atoms with Gasteiger partial charge in [0.05, 0.1) is 38.2 Å². The topological polar surface area (TPSA) is 63.3 Å². The van der Waals surface area contributed by atoms with Gasteiger partial charge in [-0.3, -0.25) is 4.90 Å². The Balaban J connectivity index is 1.35. The molecule has 1 heterocycles. The molecule has 0 aromatic heterocycles. The van der Waals surface area contributed by atoms with Gasteiger partial charge in [0.25, 0.3) is 0 Å². The Bertz CT molecular complexity index is 1270. The fourth-order valence-electron chi connectivity index (χ4n) is 4.38. The second-order valence-electron chi connectivity index (χ2n) is 9.33. The average Bonchev–Trinajstić information content (AvgIpc) is 2.96. The zero-order valence-electron chi connectivity index (χ0n) is 22.2. The van der Waals surface area contributed by atoms with Crippen molar-refractivity contribution in [1.82, 2.24) is 9.80 Å². The number of rotatable bonds is 9. The number of alkyl halides is 3. The Labute approximate surface area is 236 Å². The van der Waals surface area contributed by atoms with Crippen LogP contribution in [-0.2, 0) is 17.5 Å². The molecule has 3 aromatic carbocycles. The summed E-state index contributed by atoms with van der Waals surface area (Å²) in [5.74, 6) is 1.13. The molecule has 7 nitrogen and oxygen atoms in total. The van der Waals surface area contributed by atoms with E-state index in [1.165, 1.54) is 19.2 Å². The summed E-state index contributed by atoms with van der Waals surface area (Å²) in [6, 6.07) is 17.2. The number of nitrogens with one attached hydrogen (secondary N) is 1. The number of piperazine rings is 1. The number of carbonyl (C=O) groups is 1. The van der Waals surface area contributed by atoms with E-state index in [0.717, 1.165) is 17.7 Å². The Kier molecular flexibility index (Phi) is 9.78. The predicted molar refractivity (Wildman–Crippen MR) is 147 cm³/mol. The first-order valence-corrected chi connectivity index (χ1v) is 13.1. The van der Waals surface area contributed by atoms with Crippen molar-refractivity contribution < 1.29 is 32.2 Å². The first-order valence-electron chi connectivity index (χ1n) is 12.7. The second-order valence-corrected chi connectivity index (χ2v) is 9.77. The molecule has 1 saturated heterocycles. The molecule has 40 heavy (non-hydrogen) atoms. The van der Waals surface area contributed by atoms with E-state index in [1.54, 1.807) is 42.3 Å². The standard InChI is InChI=1S/C29H31ClF3N3O4/c1-38-24-11-12-25(26(17-24)39-2)34-28(37)36-15-13-35(14-16-36)18-27(21-5-9-23(30)10-6-21)40-19-20-3-7-22(8-4-20)29(31,32)33/h3-12,17,27H,13-16,18-19H2,1-2H3,(H,34,37)/t27-/m1/s1. The third-order valence-electron chi connectivity index (χ3n) is 6.71. The molecule has 1 atom stereocenters.